The molecule has 3 aliphatic rings. The van der Waals surface area contributed by atoms with Crippen molar-refractivity contribution in [2.45, 2.75) is 32.0 Å². The number of hydrogen-bond donors (Lipinski definition) is 2. The van der Waals surface area contributed by atoms with Crippen LogP contribution in [0.3, 0.4) is 0 Å². The van der Waals surface area contributed by atoms with Gasteiger partial charge in [0.15, 0.2) is 5.78 Å². The summed E-state index contributed by atoms with van der Waals surface area (Å²) in [4.78, 5) is 39.0. The van der Waals surface area contributed by atoms with Crippen LogP contribution in [0.5, 0.6) is 0 Å². The predicted molar refractivity (Wildman–Crippen MR) is 123 cm³/mol. The number of aryl methyl sites for hydroxylation is 1. The van der Waals surface area contributed by atoms with Crippen molar-refractivity contribution in [2.24, 2.45) is 13.0 Å². The second-order valence-corrected chi connectivity index (χ2v) is 9.46. The van der Waals surface area contributed by atoms with Crippen LogP contribution in [0.15, 0.2) is 54.7 Å². The Labute approximate surface area is 200 Å². The van der Waals surface area contributed by atoms with Gasteiger partial charge in [-0.3, -0.25) is 9.59 Å². The Morgan fingerprint density at radius 1 is 1.14 bits per heavy atom. The summed E-state index contributed by atoms with van der Waals surface area (Å²) in [5.74, 6) is -2.21. The van der Waals surface area contributed by atoms with Gasteiger partial charge in [0.05, 0.1) is 25.1 Å². The summed E-state index contributed by atoms with van der Waals surface area (Å²) in [7, 11) is 1.89. The molecule has 176 valence electrons. The van der Waals surface area contributed by atoms with Gasteiger partial charge in [-0.2, -0.15) is 0 Å². The maximum Gasteiger partial charge on any atom is 0.352 e. The van der Waals surface area contributed by atoms with Crippen molar-refractivity contribution in [3.8, 4) is 11.1 Å². The van der Waals surface area contributed by atoms with E-state index in [2.05, 4.69) is 5.10 Å². The Bertz CT molecular complexity index is 1480. The largest absolute Gasteiger partial charge is 0.477 e. The number of aromatic nitrogens is 3. The summed E-state index contributed by atoms with van der Waals surface area (Å²) in [5.41, 5.74) is 4.89. The van der Waals surface area contributed by atoms with Crippen LogP contribution in [0.1, 0.15) is 40.4 Å². The molecule has 1 saturated heterocycles. The summed E-state index contributed by atoms with van der Waals surface area (Å²) < 4.78 is 3.65. The minimum atomic E-state index is -1.17. The van der Waals surface area contributed by atoms with E-state index in [1.54, 1.807) is 30.1 Å². The zero-order valence-electron chi connectivity index (χ0n) is 19.2. The number of carbonyl (C=O) groups is 3. The summed E-state index contributed by atoms with van der Waals surface area (Å²) >= 11 is 0. The van der Waals surface area contributed by atoms with Crippen molar-refractivity contribution < 1.29 is 29.2 Å². The topological polar surface area (TPSA) is 117 Å². The monoisotopic (exact) mass is 471 g/mol. The van der Waals surface area contributed by atoms with Gasteiger partial charge in [-0.05, 0) is 59.4 Å². The minimum Gasteiger partial charge on any atom is -0.477 e. The zero-order chi connectivity index (χ0) is 24.6. The summed E-state index contributed by atoms with van der Waals surface area (Å²) in [6, 6.07) is 10.7. The molecular formula is C26H23N4O5+. The van der Waals surface area contributed by atoms with Gasteiger partial charge in [-0.15, -0.1) is 4.68 Å². The zero-order valence-corrected chi connectivity index (χ0v) is 19.2. The quantitative estimate of drug-likeness (QED) is 0.336. The molecule has 0 saturated carbocycles. The number of aliphatic hydroxyl groups is 1. The van der Waals surface area contributed by atoms with E-state index in [0.29, 0.717) is 35.2 Å². The average Bonchev–Trinajstić information content (AvgIpc) is 3.46. The van der Waals surface area contributed by atoms with Gasteiger partial charge in [-0.25, -0.2) is 9.36 Å². The van der Waals surface area contributed by atoms with Crippen LogP contribution < -0.4 is 4.57 Å². The second-order valence-electron chi connectivity index (χ2n) is 9.46. The third-order valence-corrected chi connectivity index (χ3v) is 7.20. The fourth-order valence-electron chi connectivity index (χ4n) is 5.62. The number of carboxylic acids is 1. The van der Waals surface area contributed by atoms with Crippen molar-refractivity contribution in [3.63, 3.8) is 0 Å². The molecule has 2 aromatic carbocycles. The fourth-order valence-corrected chi connectivity index (χ4v) is 5.62. The minimum absolute atomic E-state index is 0.0401. The van der Waals surface area contributed by atoms with Crippen molar-refractivity contribution in [3.05, 3.63) is 77.0 Å². The summed E-state index contributed by atoms with van der Waals surface area (Å²) in [6.45, 7) is 2.10. The molecule has 0 radical (unpaired) electrons. The third kappa shape index (κ3) is 3.08. The molecule has 9 nitrogen and oxygen atoms in total. The molecule has 2 N–H and O–H groups in total. The number of fused-ring (bicyclic) bond motifs is 4. The van der Waals surface area contributed by atoms with Crippen LogP contribution in [0.4, 0.5) is 0 Å². The van der Waals surface area contributed by atoms with E-state index in [1.165, 1.54) is 4.90 Å². The van der Waals surface area contributed by atoms with Crippen LogP contribution in [0, 0.1) is 5.92 Å². The van der Waals surface area contributed by atoms with E-state index in [4.69, 9.17) is 0 Å². The van der Waals surface area contributed by atoms with E-state index < -0.39 is 18.0 Å². The van der Waals surface area contributed by atoms with E-state index >= 15 is 0 Å². The molecule has 1 amide bonds. The molecule has 9 heteroatoms. The number of β-lactam (4-membered cyclic amide) rings is 1. The number of carboxylic acid groups (broad SMARTS) is 1. The van der Waals surface area contributed by atoms with Crippen LogP contribution in [-0.2, 0) is 23.2 Å². The lowest BCUT2D eigenvalue weighted by Gasteiger charge is -2.44. The molecule has 3 aromatic rings. The predicted octanol–water partition coefficient (Wildman–Crippen LogP) is 1.37. The fraction of sp³-hybridized carbons (Fsp3) is 0.269. The highest BCUT2D eigenvalue weighted by molar-refractivity contribution is 6.22. The number of nitrogens with zero attached hydrogens (tertiary/aromatic N) is 4. The number of aliphatic hydroxyl groups excluding tert-OH is 1. The van der Waals surface area contributed by atoms with E-state index in [0.717, 1.165) is 16.7 Å². The molecule has 1 fully saturated rings. The number of benzene rings is 2. The molecule has 3 atom stereocenters. The van der Waals surface area contributed by atoms with Gasteiger partial charge in [0.1, 0.15) is 12.2 Å². The van der Waals surface area contributed by atoms with Gasteiger partial charge < -0.3 is 15.1 Å². The van der Waals surface area contributed by atoms with E-state index in [-0.39, 0.29) is 23.4 Å². The highest BCUT2D eigenvalue weighted by Crippen LogP contribution is 2.48. The molecule has 0 unspecified atom stereocenters. The van der Waals surface area contributed by atoms with Crippen LogP contribution in [0.25, 0.3) is 16.7 Å². The van der Waals surface area contributed by atoms with Gasteiger partial charge >= 0.3 is 5.97 Å². The molecule has 6 rings (SSSR count). The first kappa shape index (κ1) is 21.4. The Hall–Kier alpha value is -4.11. The standard InChI is InChI=1S/C26H22N4O5/c1-13(31)22-21-9-18(23(26(34)35)30(21)25(22)33)15-4-6-17-20(8-15)19-7-14(3-5-16(19)24(17)32)10-29-12-28(2)11-27-29/h3-8,11-13,21-22,31H,9-10H2,1-2H3/p+1/t13-,21-,22-/m1/s1. The molecule has 0 spiro atoms. The molecule has 0 bridgehead atoms. The number of carbonyl (C=O) groups excluding carboxylic acids is 2. The Morgan fingerprint density at radius 3 is 2.51 bits per heavy atom. The lowest BCUT2D eigenvalue weighted by atomic mass is 9.82. The third-order valence-electron chi connectivity index (χ3n) is 7.20. The highest BCUT2D eigenvalue weighted by Gasteiger charge is 2.56. The van der Waals surface area contributed by atoms with Crippen molar-refractivity contribution in [1.82, 2.24) is 14.7 Å². The molecule has 1 aliphatic carbocycles. The maximum absolute atomic E-state index is 13.0. The van der Waals surface area contributed by atoms with E-state index in [1.807, 2.05) is 42.2 Å². The number of rotatable bonds is 5. The SMILES string of the molecule is C[C@@H](O)[C@H]1C(=O)N2C(C(=O)O)=C(c3ccc4c(c3)-c3cc(Cn5c[n+](C)cn5)ccc3C4=O)C[C@H]12. The Balaban J connectivity index is 1.41. The number of aliphatic carboxylic acids is 1. The van der Waals surface area contributed by atoms with Crippen molar-refractivity contribution in [1.29, 1.82) is 0 Å². The molecule has 1 aromatic heterocycles. The van der Waals surface area contributed by atoms with E-state index in [9.17, 15) is 24.6 Å². The molecule has 3 heterocycles. The second kappa shape index (κ2) is 7.44. The Kier molecular flexibility index (Phi) is 4.56. The van der Waals surface area contributed by atoms with Gasteiger partial charge in [0, 0.05) is 16.2 Å². The van der Waals surface area contributed by atoms with Crippen molar-refractivity contribution >= 4 is 23.2 Å². The number of ketones is 1. The first-order valence-electron chi connectivity index (χ1n) is 11.4. The van der Waals surface area contributed by atoms with Gasteiger partial charge in [0.25, 0.3) is 6.33 Å². The lowest BCUT2D eigenvalue weighted by molar-refractivity contribution is -0.672. The molecule has 35 heavy (non-hydrogen) atoms. The summed E-state index contributed by atoms with van der Waals surface area (Å²) in [6.07, 6.45) is 3.08. The van der Waals surface area contributed by atoms with Gasteiger partial charge in [-0.1, -0.05) is 18.2 Å². The summed E-state index contributed by atoms with van der Waals surface area (Å²) in [5, 5.41) is 24.2. The lowest BCUT2D eigenvalue weighted by Crippen LogP contribution is -2.61. The maximum atomic E-state index is 13.0. The highest BCUT2D eigenvalue weighted by atomic mass is 16.4. The van der Waals surface area contributed by atoms with Crippen molar-refractivity contribution in [2.75, 3.05) is 0 Å². The Morgan fingerprint density at radius 2 is 1.86 bits per heavy atom. The van der Waals surface area contributed by atoms with Crippen LogP contribution in [-0.4, -0.2) is 54.7 Å². The van der Waals surface area contributed by atoms with Gasteiger partial charge in [0.2, 0.25) is 12.2 Å². The number of amides is 1. The molecule has 2 aliphatic heterocycles. The first-order valence-corrected chi connectivity index (χ1v) is 11.4. The van der Waals surface area contributed by atoms with Crippen LogP contribution in [0.2, 0.25) is 0 Å². The first-order chi connectivity index (χ1) is 16.7. The normalized spacial score (nSPS) is 21.1. The molecular weight excluding hydrogens is 448 g/mol. The van der Waals surface area contributed by atoms with Crippen LogP contribution >= 0.6 is 0 Å². The smallest absolute Gasteiger partial charge is 0.352 e. The number of hydrogen-bond acceptors (Lipinski definition) is 5. The average molecular weight is 471 g/mol.